The van der Waals surface area contributed by atoms with Crippen LogP contribution in [0.15, 0.2) is 30.3 Å². The molecule has 0 bridgehead atoms. The van der Waals surface area contributed by atoms with Crippen LogP contribution in [0.4, 0.5) is 0 Å². The Labute approximate surface area is 188 Å². The van der Waals surface area contributed by atoms with Crippen molar-refractivity contribution in [3.05, 3.63) is 35.9 Å². The van der Waals surface area contributed by atoms with Crippen LogP contribution in [-0.2, 0) is 20.8 Å². The van der Waals surface area contributed by atoms with Gasteiger partial charge in [0, 0.05) is 11.8 Å². The number of benzene rings is 1. The van der Waals surface area contributed by atoms with Crippen LogP contribution in [0.5, 0.6) is 0 Å². The van der Waals surface area contributed by atoms with Crippen LogP contribution in [0.1, 0.15) is 77.2 Å². The number of ether oxygens (including phenoxy) is 3. The average molecular weight is 425 g/mol. The second-order valence-corrected chi connectivity index (χ2v) is 11.8. The molecule has 0 aromatic heterocycles. The molecule has 7 atom stereocenters. The van der Waals surface area contributed by atoms with Gasteiger partial charge in [0.1, 0.15) is 0 Å². The predicted molar refractivity (Wildman–Crippen MR) is 121 cm³/mol. The van der Waals surface area contributed by atoms with E-state index in [1.165, 1.54) is 56.9 Å². The number of rotatable bonds is 3. The summed E-state index contributed by atoms with van der Waals surface area (Å²) >= 11 is 0. The summed E-state index contributed by atoms with van der Waals surface area (Å²) in [4.78, 5) is 0. The molecular weight excluding hydrogens is 384 g/mol. The van der Waals surface area contributed by atoms with Crippen molar-refractivity contribution < 1.29 is 14.2 Å². The molecule has 3 heteroatoms. The molecule has 1 aromatic carbocycles. The van der Waals surface area contributed by atoms with E-state index >= 15 is 0 Å². The standard InChI is InChI=1S/C28H40O3/c1-26-13-7-6-10-21(26)18-24(29-19-20-8-4-3-5-9-20)25-22(26)11-14-27(2)23(25)12-15-28(27)30-16-17-31-28/h3-5,8-9,21-25H,6-7,10-19H2,1-2H3. The zero-order valence-corrected chi connectivity index (χ0v) is 19.5. The summed E-state index contributed by atoms with van der Waals surface area (Å²) in [6.45, 7) is 7.43. The SMILES string of the molecule is CC12CCCCC1CC(OCc1ccccc1)C1C2CCC2(C)C1CCC21OCCO1. The van der Waals surface area contributed by atoms with Gasteiger partial charge in [-0.25, -0.2) is 0 Å². The number of hydrogen-bond acceptors (Lipinski definition) is 3. The first-order chi connectivity index (χ1) is 15.1. The van der Waals surface area contributed by atoms with E-state index in [0.29, 0.717) is 23.4 Å². The topological polar surface area (TPSA) is 27.7 Å². The van der Waals surface area contributed by atoms with Crippen molar-refractivity contribution in [1.29, 1.82) is 0 Å². The van der Waals surface area contributed by atoms with Gasteiger partial charge in [-0.15, -0.1) is 0 Å². The van der Waals surface area contributed by atoms with Gasteiger partial charge in [-0.1, -0.05) is 57.0 Å². The summed E-state index contributed by atoms with van der Waals surface area (Å²) in [5.74, 6) is 2.61. The molecule has 5 aliphatic rings. The molecule has 3 nitrogen and oxygen atoms in total. The number of fused-ring (bicyclic) bond motifs is 6. The lowest BCUT2D eigenvalue weighted by Crippen LogP contribution is -2.60. The molecule has 4 aliphatic carbocycles. The van der Waals surface area contributed by atoms with E-state index in [1.807, 2.05) is 0 Å². The molecule has 6 rings (SSSR count). The Balaban J connectivity index is 1.33. The Morgan fingerprint density at radius 2 is 1.68 bits per heavy atom. The van der Waals surface area contributed by atoms with Crippen LogP contribution in [0.2, 0.25) is 0 Å². The van der Waals surface area contributed by atoms with Gasteiger partial charge in [0.2, 0.25) is 0 Å². The Kier molecular flexibility index (Phi) is 5.05. The Morgan fingerprint density at radius 3 is 2.48 bits per heavy atom. The van der Waals surface area contributed by atoms with E-state index in [1.54, 1.807) is 0 Å². The molecule has 31 heavy (non-hydrogen) atoms. The van der Waals surface area contributed by atoms with E-state index in [-0.39, 0.29) is 11.2 Å². The van der Waals surface area contributed by atoms with Gasteiger partial charge in [0.15, 0.2) is 5.79 Å². The largest absolute Gasteiger partial charge is 0.373 e. The Hall–Kier alpha value is -0.900. The average Bonchev–Trinajstić information content (AvgIpc) is 3.39. The predicted octanol–water partition coefficient (Wildman–Crippen LogP) is 6.36. The molecule has 7 unspecified atom stereocenters. The molecule has 1 aromatic rings. The van der Waals surface area contributed by atoms with Gasteiger partial charge in [0.05, 0.1) is 25.9 Å². The summed E-state index contributed by atoms with van der Waals surface area (Å²) in [6, 6.07) is 10.8. The molecular formula is C28H40O3. The maximum Gasteiger partial charge on any atom is 0.174 e. The fourth-order valence-electron chi connectivity index (χ4n) is 9.07. The molecule has 0 N–H and O–H groups in total. The molecule has 1 spiro atoms. The molecule has 5 fully saturated rings. The van der Waals surface area contributed by atoms with Crippen LogP contribution in [0.3, 0.4) is 0 Å². The zero-order valence-electron chi connectivity index (χ0n) is 19.5. The zero-order chi connectivity index (χ0) is 21.1. The van der Waals surface area contributed by atoms with Crippen LogP contribution in [0.25, 0.3) is 0 Å². The van der Waals surface area contributed by atoms with Crippen molar-refractivity contribution in [1.82, 2.24) is 0 Å². The monoisotopic (exact) mass is 424 g/mol. The Morgan fingerprint density at radius 1 is 0.903 bits per heavy atom. The van der Waals surface area contributed by atoms with E-state index in [4.69, 9.17) is 14.2 Å². The highest BCUT2D eigenvalue weighted by Gasteiger charge is 2.68. The van der Waals surface area contributed by atoms with E-state index in [2.05, 4.69) is 44.2 Å². The minimum absolute atomic E-state index is 0.136. The summed E-state index contributed by atoms with van der Waals surface area (Å²) in [6.07, 6.45) is 12.2. The van der Waals surface area contributed by atoms with Crippen LogP contribution in [0, 0.1) is 34.5 Å². The maximum absolute atomic E-state index is 6.86. The summed E-state index contributed by atoms with van der Waals surface area (Å²) in [5, 5.41) is 0. The van der Waals surface area contributed by atoms with Crippen molar-refractivity contribution in [2.75, 3.05) is 13.2 Å². The van der Waals surface area contributed by atoms with Gasteiger partial charge in [-0.05, 0) is 73.2 Å². The fourth-order valence-corrected chi connectivity index (χ4v) is 9.07. The third kappa shape index (κ3) is 3.02. The van der Waals surface area contributed by atoms with Gasteiger partial charge >= 0.3 is 0 Å². The molecule has 1 saturated heterocycles. The van der Waals surface area contributed by atoms with Crippen molar-refractivity contribution >= 4 is 0 Å². The molecule has 0 radical (unpaired) electrons. The maximum atomic E-state index is 6.86. The van der Waals surface area contributed by atoms with Gasteiger partial charge in [-0.3, -0.25) is 0 Å². The van der Waals surface area contributed by atoms with Crippen molar-refractivity contribution in [2.24, 2.45) is 34.5 Å². The lowest BCUT2D eigenvalue weighted by molar-refractivity contribution is -0.258. The second-order valence-electron chi connectivity index (χ2n) is 11.8. The quantitative estimate of drug-likeness (QED) is 0.565. The second kappa shape index (κ2) is 7.57. The van der Waals surface area contributed by atoms with Gasteiger partial charge < -0.3 is 14.2 Å². The molecule has 170 valence electrons. The first kappa shape index (κ1) is 20.7. The molecule has 0 amide bonds. The normalized spacial score (nSPS) is 45.8. The summed E-state index contributed by atoms with van der Waals surface area (Å²) in [5.41, 5.74) is 1.95. The van der Waals surface area contributed by atoms with Crippen molar-refractivity contribution in [3.63, 3.8) is 0 Å². The number of hydrogen-bond donors (Lipinski definition) is 0. The van der Waals surface area contributed by atoms with E-state index < -0.39 is 0 Å². The summed E-state index contributed by atoms with van der Waals surface area (Å²) < 4.78 is 19.6. The highest BCUT2D eigenvalue weighted by molar-refractivity contribution is 5.16. The van der Waals surface area contributed by atoms with E-state index in [0.717, 1.165) is 38.1 Å². The van der Waals surface area contributed by atoms with Crippen molar-refractivity contribution in [3.8, 4) is 0 Å². The lowest BCUT2D eigenvalue weighted by Gasteiger charge is -2.62. The Bertz CT molecular complexity index is 787. The lowest BCUT2D eigenvalue weighted by atomic mass is 9.44. The first-order valence-corrected chi connectivity index (χ1v) is 13.0. The molecule has 1 aliphatic heterocycles. The van der Waals surface area contributed by atoms with Crippen LogP contribution >= 0.6 is 0 Å². The van der Waals surface area contributed by atoms with Crippen LogP contribution < -0.4 is 0 Å². The van der Waals surface area contributed by atoms with Crippen molar-refractivity contribution in [2.45, 2.75) is 90.1 Å². The third-order valence-electron chi connectivity index (χ3n) is 10.7. The minimum atomic E-state index is -0.322. The van der Waals surface area contributed by atoms with Gasteiger partial charge in [-0.2, -0.15) is 0 Å². The minimum Gasteiger partial charge on any atom is -0.373 e. The third-order valence-corrected chi connectivity index (χ3v) is 10.7. The molecule has 1 heterocycles. The highest BCUT2D eigenvalue weighted by atomic mass is 16.7. The van der Waals surface area contributed by atoms with Crippen LogP contribution in [-0.4, -0.2) is 25.1 Å². The van der Waals surface area contributed by atoms with Gasteiger partial charge in [0.25, 0.3) is 0 Å². The summed E-state index contributed by atoms with van der Waals surface area (Å²) in [7, 11) is 0. The highest BCUT2D eigenvalue weighted by Crippen LogP contribution is 2.69. The van der Waals surface area contributed by atoms with E-state index in [9.17, 15) is 0 Å². The molecule has 4 saturated carbocycles. The smallest absolute Gasteiger partial charge is 0.174 e. The first-order valence-electron chi connectivity index (χ1n) is 13.0. The fraction of sp³-hybridized carbons (Fsp3) is 0.786.